The van der Waals surface area contributed by atoms with Crippen molar-refractivity contribution in [2.75, 3.05) is 0 Å². The van der Waals surface area contributed by atoms with Crippen molar-refractivity contribution in [3.8, 4) is 0 Å². The van der Waals surface area contributed by atoms with Crippen LogP contribution in [-0.2, 0) is 6.54 Å². The van der Waals surface area contributed by atoms with Gasteiger partial charge in [0.05, 0.1) is 0 Å². The molecule has 1 saturated carbocycles. The summed E-state index contributed by atoms with van der Waals surface area (Å²) in [6, 6.07) is 2.39. The highest BCUT2D eigenvalue weighted by atomic mass is 15.3. The summed E-state index contributed by atoms with van der Waals surface area (Å²) in [5.74, 6) is 0.495. The maximum absolute atomic E-state index is 6.02. The SMILES string of the molecule is CCn1nccc1[C@@H]1[C@@H](N)C1(C)C. The Morgan fingerprint density at radius 1 is 1.62 bits per heavy atom. The van der Waals surface area contributed by atoms with Gasteiger partial charge in [0, 0.05) is 30.4 Å². The van der Waals surface area contributed by atoms with E-state index in [-0.39, 0.29) is 5.41 Å². The minimum absolute atomic E-state index is 0.257. The van der Waals surface area contributed by atoms with Gasteiger partial charge < -0.3 is 5.73 Å². The quantitative estimate of drug-likeness (QED) is 0.744. The highest BCUT2D eigenvalue weighted by Crippen LogP contribution is 2.57. The minimum Gasteiger partial charge on any atom is -0.327 e. The fraction of sp³-hybridized carbons (Fsp3) is 0.700. The van der Waals surface area contributed by atoms with Crippen LogP contribution in [0.1, 0.15) is 32.4 Å². The normalized spacial score (nSPS) is 30.5. The first-order chi connectivity index (χ1) is 6.09. The molecule has 2 N–H and O–H groups in total. The van der Waals surface area contributed by atoms with Crippen LogP contribution in [0.2, 0.25) is 0 Å². The summed E-state index contributed by atoms with van der Waals surface area (Å²) in [4.78, 5) is 0. The number of hydrogen-bond acceptors (Lipinski definition) is 2. The van der Waals surface area contributed by atoms with Crippen LogP contribution < -0.4 is 5.73 Å². The Hall–Kier alpha value is -0.830. The van der Waals surface area contributed by atoms with E-state index in [0.29, 0.717) is 12.0 Å². The van der Waals surface area contributed by atoms with Crippen molar-refractivity contribution in [2.45, 2.75) is 39.3 Å². The van der Waals surface area contributed by atoms with Gasteiger partial charge in [-0.1, -0.05) is 13.8 Å². The summed E-state index contributed by atoms with van der Waals surface area (Å²) in [5.41, 5.74) is 7.57. The van der Waals surface area contributed by atoms with Crippen LogP contribution in [0.15, 0.2) is 12.3 Å². The molecule has 3 heteroatoms. The molecule has 0 saturated heterocycles. The van der Waals surface area contributed by atoms with Crippen molar-refractivity contribution in [1.82, 2.24) is 9.78 Å². The highest BCUT2D eigenvalue weighted by Gasteiger charge is 2.57. The second-order valence-corrected chi connectivity index (χ2v) is 4.40. The van der Waals surface area contributed by atoms with Gasteiger partial charge in [-0.3, -0.25) is 4.68 Å². The van der Waals surface area contributed by atoms with E-state index in [2.05, 4.69) is 31.9 Å². The zero-order valence-electron chi connectivity index (χ0n) is 8.49. The standard InChI is InChI=1S/C10H17N3/c1-4-13-7(5-6-12-13)8-9(11)10(8,2)3/h5-6,8-9H,4,11H2,1-3H3/t8-,9-/m1/s1. The predicted octanol–water partition coefficient (Wildman–Crippen LogP) is 1.35. The molecular formula is C10H17N3. The average Bonchev–Trinajstić information content (AvgIpc) is 2.54. The van der Waals surface area contributed by atoms with Crippen molar-refractivity contribution in [1.29, 1.82) is 0 Å². The van der Waals surface area contributed by atoms with Crippen LogP contribution in [0.25, 0.3) is 0 Å². The lowest BCUT2D eigenvalue weighted by Crippen LogP contribution is -2.07. The Balaban J connectivity index is 2.28. The topological polar surface area (TPSA) is 43.8 Å². The van der Waals surface area contributed by atoms with Crippen LogP contribution >= 0.6 is 0 Å². The van der Waals surface area contributed by atoms with E-state index in [9.17, 15) is 0 Å². The Kier molecular flexibility index (Phi) is 1.74. The summed E-state index contributed by atoms with van der Waals surface area (Å²) in [6.07, 6.45) is 1.86. The van der Waals surface area contributed by atoms with Crippen molar-refractivity contribution in [3.05, 3.63) is 18.0 Å². The molecule has 1 aromatic heterocycles. The molecule has 1 aromatic rings. The molecule has 1 fully saturated rings. The monoisotopic (exact) mass is 179 g/mol. The van der Waals surface area contributed by atoms with Gasteiger partial charge in [-0.15, -0.1) is 0 Å². The van der Waals surface area contributed by atoms with E-state index in [0.717, 1.165) is 6.54 Å². The Morgan fingerprint density at radius 2 is 2.23 bits per heavy atom. The van der Waals surface area contributed by atoms with Gasteiger partial charge in [-0.25, -0.2) is 0 Å². The van der Waals surface area contributed by atoms with Gasteiger partial charge in [0.1, 0.15) is 0 Å². The molecule has 0 aliphatic heterocycles. The third-order valence-corrected chi connectivity index (χ3v) is 3.28. The first-order valence-electron chi connectivity index (χ1n) is 4.86. The largest absolute Gasteiger partial charge is 0.327 e. The third-order valence-electron chi connectivity index (χ3n) is 3.28. The summed E-state index contributed by atoms with van der Waals surface area (Å²) in [7, 11) is 0. The Bertz CT molecular complexity index is 314. The van der Waals surface area contributed by atoms with Gasteiger partial charge >= 0.3 is 0 Å². The molecular weight excluding hydrogens is 162 g/mol. The number of aryl methyl sites for hydroxylation is 1. The first-order valence-corrected chi connectivity index (χ1v) is 4.86. The van der Waals surface area contributed by atoms with Crippen molar-refractivity contribution in [2.24, 2.45) is 11.1 Å². The molecule has 72 valence electrons. The van der Waals surface area contributed by atoms with E-state index < -0.39 is 0 Å². The molecule has 1 heterocycles. The van der Waals surface area contributed by atoms with E-state index in [1.807, 2.05) is 10.9 Å². The van der Waals surface area contributed by atoms with Gasteiger partial charge in [0.2, 0.25) is 0 Å². The molecule has 1 aliphatic carbocycles. The number of nitrogens with zero attached hydrogens (tertiary/aromatic N) is 2. The number of rotatable bonds is 2. The zero-order valence-corrected chi connectivity index (χ0v) is 8.49. The average molecular weight is 179 g/mol. The van der Waals surface area contributed by atoms with Crippen LogP contribution in [0.3, 0.4) is 0 Å². The van der Waals surface area contributed by atoms with E-state index in [4.69, 9.17) is 5.73 Å². The van der Waals surface area contributed by atoms with Gasteiger partial charge in [-0.05, 0) is 18.4 Å². The lowest BCUT2D eigenvalue weighted by Gasteiger charge is -2.04. The fourth-order valence-corrected chi connectivity index (χ4v) is 2.11. The van der Waals surface area contributed by atoms with Crippen LogP contribution in [0.4, 0.5) is 0 Å². The highest BCUT2D eigenvalue weighted by molar-refractivity contribution is 5.28. The van der Waals surface area contributed by atoms with E-state index in [1.54, 1.807) is 0 Å². The number of hydrogen-bond donors (Lipinski definition) is 1. The minimum atomic E-state index is 0.257. The van der Waals surface area contributed by atoms with Gasteiger partial charge in [0.25, 0.3) is 0 Å². The predicted molar refractivity (Wildman–Crippen MR) is 52.4 cm³/mol. The zero-order chi connectivity index (χ0) is 9.64. The summed E-state index contributed by atoms with van der Waals surface area (Å²) >= 11 is 0. The molecule has 0 spiro atoms. The molecule has 13 heavy (non-hydrogen) atoms. The van der Waals surface area contributed by atoms with Crippen LogP contribution in [-0.4, -0.2) is 15.8 Å². The smallest absolute Gasteiger partial charge is 0.0492 e. The molecule has 0 unspecified atom stereocenters. The second kappa shape index (κ2) is 2.58. The molecule has 3 nitrogen and oxygen atoms in total. The van der Waals surface area contributed by atoms with E-state index in [1.165, 1.54) is 5.69 Å². The lowest BCUT2D eigenvalue weighted by atomic mass is 10.1. The molecule has 0 radical (unpaired) electrons. The second-order valence-electron chi connectivity index (χ2n) is 4.40. The lowest BCUT2D eigenvalue weighted by molar-refractivity contribution is 0.563. The van der Waals surface area contributed by atoms with E-state index >= 15 is 0 Å². The fourth-order valence-electron chi connectivity index (χ4n) is 2.11. The number of aromatic nitrogens is 2. The summed E-state index contributed by atoms with van der Waals surface area (Å²) in [6.45, 7) is 7.48. The maximum atomic E-state index is 6.02. The van der Waals surface area contributed by atoms with Crippen LogP contribution in [0.5, 0.6) is 0 Å². The molecule has 2 atom stereocenters. The molecule has 0 aromatic carbocycles. The van der Waals surface area contributed by atoms with Crippen molar-refractivity contribution in [3.63, 3.8) is 0 Å². The maximum Gasteiger partial charge on any atom is 0.0492 e. The molecule has 1 aliphatic rings. The Labute approximate surface area is 78.9 Å². The van der Waals surface area contributed by atoms with Gasteiger partial charge in [0.15, 0.2) is 0 Å². The summed E-state index contributed by atoms with van der Waals surface area (Å²) in [5, 5.41) is 4.26. The van der Waals surface area contributed by atoms with Crippen LogP contribution in [0, 0.1) is 5.41 Å². The third kappa shape index (κ3) is 1.10. The number of nitrogens with two attached hydrogens (primary N) is 1. The molecule has 2 rings (SSSR count). The molecule has 0 bridgehead atoms. The van der Waals surface area contributed by atoms with Gasteiger partial charge in [-0.2, -0.15) is 5.10 Å². The van der Waals surface area contributed by atoms with Crippen molar-refractivity contribution < 1.29 is 0 Å². The molecule has 0 amide bonds. The summed E-state index contributed by atoms with van der Waals surface area (Å²) < 4.78 is 2.04. The first kappa shape index (κ1) is 8.75. The Morgan fingerprint density at radius 3 is 2.69 bits per heavy atom. The van der Waals surface area contributed by atoms with Crippen molar-refractivity contribution >= 4 is 0 Å².